The minimum Gasteiger partial charge on any atom is -0.497 e. The lowest BCUT2D eigenvalue weighted by atomic mass is 9.89. The van der Waals surface area contributed by atoms with Crippen molar-refractivity contribution in [1.82, 2.24) is 14.9 Å². The predicted molar refractivity (Wildman–Crippen MR) is 123 cm³/mol. The van der Waals surface area contributed by atoms with E-state index in [1.165, 1.54) is 34.9 Å². The van der Waals surface area contributed by atoms with Crippen LogP contribution in [0.5, 0.6) is 5.75 Å². The minimum atomic E-state index is -3.65. The molecule has 3 rings (SSSR count). The smallest absolute Gasteiger partial charge is 0.262 e. The van der Waals surface area contributed by atoms with Gasteiger partial charge in [-0.1, -0.05) is 12.1 Å². The third-order valence-corrected chi connectivity index (χ3v) is 8.18. The maximum Gasteiger partial charge on any atom is 0.262 e. The van der Waals surface area contributed by atoms with E-state index in [9.17, 15) is 18.0 Å². The van der Waals surface area contributed by atoms with E-state index in [0.717, 1.165) is 0 Å². The van der Waals surface area contributed by atoms with Crippen molar-refractivity contribution in [2.75, 3.05) is 26.7 Å². The zero-order valence-electron chi connectivity index (χ0n) is 17.8. The van der Waals surface area contributed by atoms with Gasteiger partial charge in [-0.25, -0.2) is 8.42 Å². The van der Waals surface area contributed by atoms with Gasteiger partial charge < -0.3 is 15.4 Å². The van der Waals surface area contributed by atoms with Crippen LogP contribution in [0.2, 0.25) is 0 Å². The quantitative estimate of drug-likeness (QED) is 0.539. The Bertz CT molecular complexity index is 1030. The molecule has 172 valence electrons. The van der Waals surface area contributed by atoms with Crippen LogP contribution < -0.4 is 15.4 Å². The number of carbonyl (C=O) groups is 2. The Kier molecular flexibility index (Phi) is 8.05. The molecule has 0 bridgehead atoms. The average molecular weight is 478 g/mol. The summed E-state index contributed by atoms with van der Waals surface area (Å²) in [5, 5.41) is 7.38. The van der Waals surface area contributed by atoms with Crippen LogP contribution in [0.1, 0.15) is 22.5 Å². The van der Waals surface area contributed by atoms with Gasteiger partial charge in [0.15, 0.2) is 0 Å². The Morgan fingerprint density at radius 2 is 1.94 bits per heavy atom. The van der Waals surface area contributed by atoms with Crippen molar-refractivity contribution < 1.29 is 22.7 Å². The highest BCUT2D eigenvalue weighted by Crippen LogP contribution is 2.27. The van der Waals surface area contributed by atoms with E-state index in [-0.39, 0.29) is 42.3 Å². The summed E-state index contributed by atoms with van der Waals surface area (Å²) in [6.45, 7) is 4.41. The maximum absolute atomic E-state index is 13.0. The molecule has 1 fully saturated rings. The van der Waals surface area contributed by atoms with Crippen LogP contribution >= 0.6 is 11.3 Å². The Hall–Kier alpha value is -2.69. The SMILES string of the molecule is C=CCNC(=O)C(NC(=O)c1cccs1)C1CCN(S(=O)(=O)c2ccc(OC)cc2)CC1. The largest absolute Gasteiger partial charge is 0.497 e. The van der Waals surface area contributed by atoms with Crippen molar-refractivity contribution in [3.63, 3.8) is 0 Å². The Balaban J connectivity index is 1.69. The van der Waals surface area contributed by atoms with Crippen molar-refractivity contribution in [1.29, 1.82) is 0 Å². The number of rotatable bonds is 9. The van der Waals surface area contributed by atoms with E-state index in [0.29, 0.717) is 23.5 Å². The molecule has 0 spiro atoms. The number of thiophene rings is 1. The summed E-state index contributed by atoms with van der Waals surface area (Å²) in [7, 11) is -2.13. The summed E-state index contributed by atoms with van der Waals surface area (Å²) in [6, 6.07) is 8.98. The topological polar surface area (TPSA) is 105 Å². The number of methoxy groups -OCH3 is 1. The second-order valence-electron chi connectivity index (χ2n) is 7.38. The van der Waals surface area contributed by atoms with Crippen LogP contribution in [0.4, 0.5) is 0 Å². The van der Waals surface area contributed by atoms with E-state index in [1.807, 2.05) is 0 Å². The van der Waals surface area contributed by atoms with Gasteiger partial charge in [0.2, 0.25) is 15.9 Å². The molecule has 32 heavy (non-hydrogen) atoms. The monoisotopic (exact) mass is 477 g/mol. The average Bonchev–Trinajstić information content (AvgIpc) is 3.36. The van der Waals surface area contributed by atoms with Crippen molar-refractivity contribution in [3.8, 4) is 5.75 Å². The number of sulfonamides is 1. The normalized spacial score (nSPS) is 16.2. The second kappa shape index (κ2) is 10.8. The molecule has 2 amide bonds. The molecular weight excluding hydrogens is 450 g/mol. The van der Waals surface area contributed by atoms with Gasteiger partial charge in [-0.15, -0.1) is 17.9 Å². The highest BCUT2D eigenvalue weighted by molar-refractivity contribution is 7.89. The number of amides is 2. The third kappa shape index (κ3) is 5.56. The van der Waals surface area contributed by atoms with Crippen LogP contribution in [0.3, 0.4) is 0 Å². The Labute approximate surface area is 192 Å². The van der Waals surface area contributed by atoms with E-state index in [1.54, 1.807) is 35.7 Å². The standard InChI is InChI=1S/C22H27N3O5S2/c1-3-12-23-22(27)20(24-21(26)19-5-4-15-31-19)16-10-13-25(14-11-16)32(28,29)18-8-6-17(30-2)7-9-18/h3-9,15-16,20H,1,10-14H2,2H3,(H,23,27)(H,24,26). The fraction of sp³-hybridized carbons (Fsp3) is 0.364. The Morgan fingerprint density at radius 3 is 2.50 bits per heavy atom. The molecule has 2 N–H and O–H groups in total. The number of nitrogens with one attached hydrogen (secondary N) is 2. The molecule has 1 saturated heterocycles. The molecular formula is C22H27N3O5S2. The lowest BCUT2D eigenvalue weighted by molar-refractivity contribution is -0.124. The van der Waals surface area contributed by atoms with E-state index < -0.39 is 16.1 Å². The summed E-state index contributed by atoms with van der Waals surface area (Å²) < 4.78 is 32.5. The number of nitrogens with zero attached hydrogens (tertiary/aromatic N) is 1. The third-order valence-electron chi connectivity index (χ3n) is 5.40. The van der Waals surface area contributed by atoms with Crippen LogP contribution in [0, 0.1) is 5.92 Å². The first kappa shape index (κ1) is 24.0. The van der Waals surface area contributed by atoms with Gasteiger partial charge in [0.1, 0.15) is 11.8 Å². The van der Waals surface area contributed by atoms with Crippen molar-refractivity contribution >= 4 is 33.2 Å². The predicted octanol–water partition coefficient (Wildman–Crippen LogP) is 2.26. The van der Waals surface area contributed by atoms with Gasteiger partial charge in [-0.3, -0.25) is 9.59 Å². The maximum atomic E-state index is 13.0. The summed E-state index contributed by atoms with van der Waals surface area (Å²) >= 11 is 1.30. The molecule has 2 aromatic rings. The van der Waals surface area contributed by atoms with Gasteiger partial charge in [0.25, 0.3) is 5.91 Å². The molecule has 8 nitrogen and oxygen atoms in total. The first-order valence-electron chi connectivity index (χ1n) is 10.2. The molecule has 10 heteroatoms. The van der Waals surface area contributed by atoms with Gasteiger partial charge >= 0.3 is 0 Å². The number of hydrogen-bond donors (Lipinski definition) is 2. The van der Waals surface area contributed by atoms with Crippen molar-refractivity contribution in [2.24, 2.45) is 5.92 Å². The molecule has 0 saturated carbocycles. The lowest BCUT2D eigenvalue weighted by Gasteiger charge is -2.35. The lowest BCUT2D eigenvalue weighted by Crippen LogP contribution is -2.53. The number of carbonyl (C=O) groups excluding carboxylic acids is 2. The van der Waals surface area contributed by atoms with Crippen LogP contribution in [-0.4, -0.2) is 57.3 Å². The number of ether oxygens (including phenoxy) is 1. The number of benzene rings is 1. The molecule has 0 radical (unpaired) electrons. The molecule has 1 atom stereocenters. The summed E-state index contributed by atoms with van der Waals surface area (Å²) in [4.78, 5) is 26.1. The molecule has 1 aliphatic rings. The summed E-state index contributed by atoms with van der Waals surface area (Å²) in [6.07, 6.45) is 2.47. The van der Waals surface area contributed by atoms with Gasteiger partial charge in [-0.05, 0) is 54.5 Å². The van der Waals surface area contributed by atoms with Gasteiger partial charge in [0, 0.05) is 19.6 Å². The molecule has 2 heterocycles. The zero-order chi connectivity index (χ0) is 23.1. The van der Waals surface area contributed by atoms with E-state index in [4.69, 9.17) is 4.74 Å². The van der Waals surface area contributed by atoms with Crippen molar-refractivity contribution in [2.45, 2.75) is 23.8 Å². The summed E-state index contributed by atoms with van der Waals surface area (Å²) in [5.41, 5.74) is 0. The Morgan fingerprint density at radius 1 is 1.25 bits per heavy atom. The summed E-state index contributed by atoms with van der Waals surface area (Å²) in [5.74, 6) is -0.220. The highest BCUT2D eigenvalue weighted by atomic mass is 32.2. The molecule has 1 unspecified atom stereocenters. The highest BCUT2D eigenvalue weighted by Gasteiger charge is 2.36. The number of hydrogen-bond acceptors (Lipinski definition) is 6. The zero-order valence-corrected chi connectivity index (χ0v) is 19.5. The first-order valence-corrected chi connectivity index (χ1v) is 12.6. The minimum absolute atomic E-state index is 0.189. The fourth-order valence-corrected chi connectivity index (χ4v) is 5.74. The molecule has 1 aromatic carbocycles. The van der Waals surface area contributed by atoms with Crippen LogP contribution in [-0.2, 0) is 14.8 Å². The molecule has 1 aliphatic heterocycles. The second-order valence-corrected chi connectivity index (χ2v) is 10.3. The van der Waals surface area contributed by atoms with Crippen LogP contribution in [0.25, 0.3) is 0 Å². The van der Waals surface area contributed by atoms with E-state index in [2.05, 4.69) is 17.2 Å². The fourth-order valence-electron chi connectivity index (χ4n) is 3.65. The number of piperidine rings is 1. The first-order chi connectivity index (χ1) is 15.4. The van der Waals surface area contributed by atoms with Crippen molar-refractivity contribution in [3.05, 3.63) is 59.3 Å². The van der Waals surface area contributed by atoms with Crippen LogP contribution in [0.15, 0.2) is 59.3 Å². The molecule has 1 aromatic heterocycles. The van der Waals surface area contributed by atoms with E-state index >= 15 is 0 Å². The van der Waals surface area contributed by atoms with Gasteiger partial charge in [0.05, 0.1) is 16.9 Å². The molecule has 0 aliphatic carbocycles. The van der Waals surface area contributed by atoms with Gasteiger partial charge in [-0.2, -0.15) is 4.31 Å².